The molecule has 4 saturated heterocycles. The highest BCUT2D eigenvalue weighted by Crippen LogP contribution is 2.31. The van der Waals surface area contributed by atoms with Gasteiger partial charge >= 0.3 is 0 Å². The normalized spacial score (nSPS) is 18.5. The fourth-order valence-corrected chi connectivity index (χ4v) is 12.4. The Kier molecular flexibility index (Phi) is 20.6. The SMILES string of the molecule is CC.O=C(NC(C(=O)N1CCC(OC2CCN(CC(=O)N3CCN(C(=O)c4cc(Cc5n[nH]c(=O)c6ccccc56)ccc4F)CC3)CC2)CC1)C1CCCCC1)c1ccc(C2CCN(C(=O)CNCc3ccc(F)cc3F)CC2)cc1. The van der Waals surface area contributed by atoms with Crippen molar-refractivity contribution in [1.29, 1.82) is 0 Å². The number of hydrogen-bond donors (Lipinski definition) is 3. The van der Waals surface area contributed by atoms with Gasteiger partial charge in [-0.1, -0.05) is 75.6 Å². The summed E-state index contributed by atoms with van der Waals surface area (Å²) < 4.78 is 49.0. The van der Waals surface area contributed by atoms with Crippen LogP contribution in [0.3, 0.4) is 0 Å². The number of likely N-dealkylation sites (tertiary alicyclic amines) is 3. The number of rotatable bonds is 16. The Hall–Kier alpha value is -6.96. The smallest absolute Gasteiger partial charge is 0.272 e. The third kappa shape index (κ3) is 15.0. The van der Waals surface area contributed by atoms with Crippen molar-refractivity contribution < 1.29 is 41.9 Å². The van der Waals surface area contributed by atoms with Crippen molar-refractivity contribution >= 4 is 40.3 Å². The molecule has 438 valence electrons. The summed E-state index contributed by atoms with van der Waals surface area (Å²) in [5.41, 5.74) is 2.86. The number of benzene rings is 4. The standard InChI is InChI=1S/C61H72F3N9O7.C2H6/c62-46-16-15-45(53(64)36-46)37-65-38-55(74)70-26-18-42(19-27-70)41-11-13-44(14-12-41)58(76)66-57(43-6-2-1-3-7-43)61(79)72-28-22-48(23-29-72)80-47-20-24-69(25-21-47)39-56(75)71-30-32-73(33-31-71)60(78)51-34-40(10-17-52(51)63)35-54-49-8-4-5-9-50(49)59(77)68-67-54;1-2/h4-5,8-17,34,36,42-43,47-48,57,65H,1-3,6-7,18-33,35,37-39H2,(H,66,76)(H,68,77);1-2H3. The highest BCUT2D eigenvalue weighted by atomic mass is 19.1. The number of piperidine rings is 3. The Balaban J connectivity index is 0.00000401. The summed E-state index contributed by atoms with van der Waals surface area (Å²) in [6, 6.07) is 22.0. The number of amides is 5. The van der Waals surface area contributed by atoms with E-state index in [1.54, 1.807) is 39.0 Å². The van der Waals surface area contributed by atoms with E-state index in [2.05, 4.69) is 25.7 Å². The number of fused-ring (bicyclic) bond motifs is 1. The Morgan fingerprint density at radius 3 is 1.98 bits per heavy atom. The zero-order valence-electron chi connectivity index (χ0n) is 47.3. The van der Waals surface area contributed by atoms with Crippen molar-refractivity contribution in [3.63, 3.8) is 0 Å². The Bertz CT molecular complexity index is 3070. The lowest BCUT2D eigenvalue weighted by Gasteiger charge is -2.40. The van der Waals surface area contributed by atoms with E-state index in [0.29, 0.717) is 105 Å². The van der Waals surface area contributed by atoms with Crippen LogP contribution in [-0.2, 0) is 32.1 Å². The molecule has 1 atom stereocenters. The summed E-state index contributed by atoms with van der Waals surface area (Å²) in [5, 5.41) is 14.1. The topological polar surface area (TPSA) is 181 Å². The minimum absolute atomic E-state index is 0.00365. The second kappa shape index (κ2) is 28.3. The maximum Gasteiger partial charge on any atom is 0.272 e. The predicted molar refractivity (Wildman–Crippen MR) is 306 cm³/mol. The average Bonchev–Trinajstić information content (AvgIpc) is 3.56. The second-order valence-electron chi connectivity index (χ2n) is 22.3. The van der Waals surface area contributed by atoms with E-state index < -0.39 is 29.4 Å². The van der Waals surface area contributed by atoms with E-state index >= 15 is 4.39 Å². The maximum absolute atomic E-state index is 15.1. The van der Waals surface area contributed by atoms with Gasteiger partial charge in [0, 0.05) is 101 Å². The quantitative estimate of drug-likeness (QED) is 0.0892. The molecule has 5 aromatic rings. The Labute approximate surface area is 478 Å². The van der Waals surface area contributed by atoms with Crippen LogP contribution < -0.4 is 16.2 Å². The van der Waals surface area contributed by atoms with Crippen LogP contribution >= 0.6 is 0 Å². The van der Waals surface area contributed by atoms with E-state index in [1.165, 1.54) is 18.2 Å². The first kappa shape index (κ1) is 59.7. The van der Waals surface area contributed by atoms with Gasteiger partial charge in [-0.15, -0.1) is 0 Å². The number of hydrogen-bond acceptors (Lipinski definition) is 10. The van der Waals surface area contributed by atoms with Crippen LogP contribution in [0.1, 0.15) is 133 Å². The third-order valence-corrected chi connectivity index (χ3v) is 17.1. The predicted octanol–water partition coefficient (Wildman–Crippen LogP) is 7.59. The average molecular weight is 1130 g/mol. The van der Waals surface area contributed by atoms with Crippen molar-refractivity contribution in [2.45, 2.75) is 122 Å². The number of piperazine rings is 1. The van der Waals surface area contributed by atoms with Gasteiger partial charge in [0.1, 0.15) is 23.5 Å². The van der Waals surface area contributed by atoms with Gasteiger partial charge < -0.3 is 35.0 Å². The van der Waals surface area contributed by atoms with Crippen LogP contribution in [0.15, 0.2) is 89.7 Å². The lowest BCUT2D eigenvalue weighted by Crippen LogP contribution is -2.55. The van der Waals surface area contributed by atoms with Crippen molar-refractivity contribution in [3.05, 3.63) is 146 Å². The summed E-state index contributed by atoms with van der Waals surface area (Å²) in [4.78, 5) is 89.7. The molecular weight excluding hydrogens is 1050 g/mol. The van der Waals surface area contributed by atoms with Crippen LogP contribution in [0, 0.1) is 23.4 Å². The van der Waals surface area contributed by atoms with Gasteiger partial charge in [-0.05, 0) is 111 Å². The van der Waals surface area contributed by atoms with E-state index in [-0.39, 0.29) is 91.5 Å². The molecule has 3 N–H and O–H groups in total. The van der Waals surface area contributed by atoms with Gasteiger partial charge in [-0.25, -0.2) is 18.3 Å². The fraction of sp³-hybridized carbons (Fsp3) is 0.508. The lowest BCUT2D eigenvalue weighted by atomic mass is 9.83. The van der Waals surface area contributed by atoms with E-state index in [0.717, 1.165) is 69.4 Å². The molecule has 0 spiro atoms. The van der Waals surface area contributed by atoms with Crippen LogP contribution in [-0.4, -0.2) is 161 Å². The number of H-pyrrole nitrogens is 1. The third-order valence-electron chi connectivity index (χ3n) is 17.1. The lowest BCUT2D eigenvalue weighted by molar-refractivity contribution is -0.140. The summed E-state index contributed by atoms with van der Waals surface area (Å²) in [7, 11) is 0. The number of aromatic nitrogens is 2. The van der Waals surface area contributed by atoms with Crippen molar-refractivity contribution in [3.8, 4) is 0 Å². The molecule has 16 nitrogen and oxygen atoms in total. The number of aromatic amines is 1. The summed E-state index contributed by atoms with van der Waals surface area (Å²) in [5.74, 6) is -2.43. The molecule has 0 bridgehead atoms. The highest BCUT2D eigenvalue weighted by molar-refractivity contribution is 5.98. The highest BCUT2D eigenvalue weighted by Gasteiger charge is 2.37. The number of ether oxygens (including phenoxy) is 1. The number of carbonyl (C=O) groups is 5. The monoisotopic (exact) mass is 1130 g/mol. The fourth-order valence-electron chi connectivity index (χ4n) is 12.4. The minimum atomic E-state index is -0.648. The number of carbonyl (C=O) groups excluding carboxylic acids is 5. The number of nitrogens with one attached hydrogen (secondary N) is 3. The molecule has 1 aromatic heterocycles. The molecule has 5 fully saturated rings. The van der Waals surface area contributed by atoms with Crippen molar-refractivity contribution in [2.24, 2.45) is 5.92 Å². The van der Waals surface area contributed by atoms with E-state index in [4.69, 9.17) is 4.74 Å². The molecule has 5 aliphatic rings. The first-order valence-electron chi connectivity index (χ1n) is 29.6. The first-order valence-corrected chi connectivity index (χ1v) is 29.6. The van der Waals surface area contributed by atoms with Crippen molar-refractivity contribution in [1.82, 2.24) is 45.3 Å². The molecule has 4 aliphatic heterocycles. The summed E-state index contributed by atoms with van der Waals surface area (Å²) in [6.45, 7) is 9.42. The molecule has 19 heteroatoms. The van der Waals surface area contributed by atoms with E-state index in [1.807, 2.05) is 55.1 Å². The molecule has 5 amide bonds. The first-order chi connectivity index (χ1) is 39.8. The second-order valence-corrected chi connectivity index (χ2v) is 22.3. The van der Waals surface area contributed by atoms with E-state index in [9.17, 15) is 37.5 Å². The van der Waals surface area contributed by atoms with Gasteiger partial charge in [0.25, 0.3) is 17.4 Å². The Morgan fingerprint density at radius 1 is 0.659 bits per heavy atom. The molecule has 5 heterocycles. The molecule has 82 heavy (non-hydrogen) atoms. The van der Waals surface area contributed by atoms with Crippen LogP contribution in [0.2, 0.25) is 0 Å². The minimum Gasteiger partial charge on any atom is -0.375 e. The molecule has 1 saturated carbocycles. The van der Waals surface area contributed by atoms with Gasteiger partial charge in [0.05, 0.1) is 41.9 Å². The maximum atomic E-state index is 15.1. The molecule has 1 unspecified atom stereocenters. The van der Waals surface area contributed by atoms with Crippen LogP contribution in [0.5, 0.6) is 0 Å². The number of nitrogens with zero attached hydrogens (tertiary/aromatic N) is 6. The van der Waals surface area contributed by atoms with Gasteiger partial charge in [0.15, 0.2) is 0 Å². The zero-order valence-corrected chi connectivity index (χ0v) is 47.3. The van der Waals surface area contributed by atoms with Gasteiger partial charge in [0.2, 0.25) is 17.7 Å². The molecule has 0 radical (unpaired) electrons. The molecular formula is C63H78F3N9O7. The zero-order chi connectivity index (χ0) is 57.7. The summed E-state index contributed by atoms with van der Waals surface area (Å²) >= 11 is 0. The number of halogens is 3. The molecule has 4 aromatic carbocycles. The molecule has 1 aliphatic carbocycles. The largest absolute Gasteiger partial charge is 0.375 e. The van der Waals surface area contributed by atoms with Crippen molar-refractivity contribution in [2.75, 3.05) is 78.5 Å². The van der Waals surface area contributed by atoms with Crippen LogP contribution in [0.25, 0.3) is 10.8 Å². The summed E-state index contributed by atoms with van der Waals surface area (Å²) in [6.07, 6.45) is 9.83. The Morgan fingerprint density at radius 2 is 1.29 bits per heavy atom. The van der Waals surface area contributed by atoms with Gasteiger partial charge in [-0.2, -0.15) is 5.10 Å². The molecule has 10 rings (SSSR count). The van der Waals surface area contributed by atoms with Gasteiger partial charge in [-0.3, -0.25) is 33.7 Å². The van der Waals surface area contributed by atoms with Crippen LogP contribution in [0.4, 0.5) is 13.2 Å².